The normalized spacial score (nSPS) is 17.1. The largest absolute Gasteiger partial charge is 0.497 e. The summed E-state index contributed by atoms with van der Waals surface area (Å²) in [7, 11) is 2.86. The zero-order chi connectivity index (χ0) is 24.2. The van der Waals surface area contributed by atoms with E-state index >= 15 is 0 Å². The van der Waals surface area contributed by atoms with Crippen molar-refractivity contribution in [3.8, 4) is 5.75 Å². The number of halogens is 1. The number of fused-ring (bicyclic) bond motifs is 1. The quantitative estimate of drug-likeness (QED) is 0.561. The number of amidine groups is 1. The molecule has 7 nitrogen and oxygen atoms in total. The van der Waals surface area contributed by atoms with Crippen molar-refractivity contribution >= 4 is 34.5 Å². The van der Waals surface area contributed by atoms with Crippen LogP contribution in [0.25, 0.3) is 0 Å². The molecule has 0 bridgehead atoms. The highest BCUT2D eigenvalue weighted by Crippen LogP contribution is 2.45. The van der Waals surface area contributed by atoms with Crippen LogP contribution < -0.4 is 10.1 Å². The van der Waals surface area contributed by atoms with Crippen LogP contribution in [-0.4, -0.2) is 36.2 Å². The zero-order valence-corrected chi connectivity index (χ0v) is 19.8. The van der Waals surface area contributed by atoms with Crippen LogP contribution in [0.1, 0.15) is 31.4 Å². The second-order valence-corrected chi connectivity index (χ2v) is 8.45. The minimum atomic E-state index is -0.670. The van der Waals surface area contributed by atoms with Crippen LogP contribution >= 0.6 is 11.8 Å². The number of hydrogen-bond acceptors (Lipinski definition) is 7. The first-order valence-corrected chi connectivity index (χ1v) is 11.6. The van der Waals surface area contributed by atoms with E-state index in [0.29, 0.717) is 45.6 Å². The molecule has 1 N–H and O–H groups in total. The van der Waals surface area contributed by atoms with Gasteiger partial charge >= 0.3 is 5.97 Å². The molecule has 1 unspecified atom stereocenters. The number of methoxy groups -OCH3 is 2. The minimum absolute atomic E-state index is 0.0327. The lowest BCUT2D eigenvalue weighted by atomic mass is 9.93. The molecular formula is C25H24FN3O4S. The lowest BCUT2D eigenvalue weighted by Gasteiger charge is -2.36. The fourth-order valence-electron chi connectivity index (χ4n) is 3.97. The predicted octanol–water partition coefficient (Wildman–Crippen LogP) is 5.00. The molecule has 2 aliphatic heterocycles. The summed E-state index contributed by atoms with van der Waals surface area (Å²) < 4.78 is 24.5. The van der Waals surface area contributed by atoms with Gasteiger partial charge in [0.05, 0.1) is 38.0 Å². The molecule has 4 rings (SSSR count). The summed E-state index contributed by atoms with van der Waals surface area (Å²) in [4.78, 5) is 32.2. The Morgan fingerprint density at radius 1 is 1.18 bits per heavy atom. The minimum Gasteiger partial charge on any atom is -0.497 e. The number of carbonyl (C=O) groups is 2. The van der Waals surface area contributed by atoms with Gasteiger partial charge in [-0.15, -0.1) is 0 Å². The van der Waals surface area contributed by atoms with Crippen LogP contribution in [0.4, 0.5) is 10.1 Å². The Labute approximate surface area is 201 Å². The highest BCUT2D eigenvalue weighted by molar-refractivity contribution is 8.16. The smallest absolute Gasteiger partial charge is 0.338 e. The van der Waals surface area contributed by atoms with Gasteiger partial charge in [-0.2, -0.15) is 0 Å². The van der Waals surface area contributed by atoms with Crippen molar-refractivity contribution < 1.29 is 23.5 Å². The Morgan fingerprint density at radius 2 is 1.97 bits per heavy atom. The number of esters is 1. The molecule has 0 saturated carbocycles. The summed E-state index contributed by atoms with van der Waals surface area (Å²) >= 11 is 1.37. The van der Waals surface area contributed by atoms with Crippen LogP contribution in [0.3, 0.4) is 0 Å². The number of allylic oxidation sites excluding steroid dienone is 1. The lowest BCUT2D eigenvalue weighted by Crippen LogP contribution is -2.37. The molecule has 34 heavy (non-hydrogen) atoms. The SMILES string of the molecule is CCC1=C(C(=O)OC)C(c2cccc(F)c2)N2C(CC(=O)Nc3cccc(OC)c3)=CSC2=N1. The highest BCUT2D eigenvalue weighted by atomic mass is 32.2. The van der Waals surface area contributed by atoms with E-state index in [2.05, 4.69) is 10.3 Å². The Bertz CT molecular complexity index is 1220. The van der Waals surface area contributed by atoms with Gasteiger partial charge in [0.1, 0.15) is 11.6 Å². The molecule has 176 valence electrons. The van der Waals surface area contributed by atoms with Gasteiger partial charge in [-0.3, -0.25) is 4.79 Å². The van der Waals surface area contributed by atoms with Gasteiger partial charge in [0.2, 0.25) is 5.91 Å². The Kier molecular flexibility index (Phi) is 7.02. The number of benzene rings is 2. The molecule has 0 radical (unpaired) electrons. The van der Waals surface area contributed by atoms with Gasteiger partial charge in [0.15, 0.2) is 5.17 Å². The molecule has 0 saturated heterocycles. The third-order valence-corrected chi connectivity index (χ3v) is 6.38. The first kappa shape index (κ1) is 23.6. The molecule has 1 amide bonds. The summed E-state index contributed by atoms with van der Waals surface area (Å²) in [5.41, 5.74) is 2.74. The number of thioether (sulfide) groups is 1. The number of anilines is 1. The van der Waals surface area contributed by atoms with Crippen molar-refractivity contribution in [3.05, 3.63) is 82.3 Å². The molecule has 2 aromatic carbocycles. The van der Waals surface area contributed by atoms with E-state index in [1.54, 1.807) is 43.5 Å². The van der Waals surface area contributed by atoms with Crippen molar-refractivity contribution in [2.45, 2.75) is 25.8 Å². The van der Waals surface area contributed by atoms with E-state index in [9.17, 15) is 14.0 Å². The summed E-state index contributed by atoms with van der Waals surface area (Å²) in [6, 6.07) is 12.5. The van der Waals surface area contributed by atoms with E-state index in [1.807, 2.05) is 17.2 Å². The maximum absolute atomic E-state index is 14.2. The first-order valence-electron chi connectivity index (χ1n) is 10.7. The molecule has 0 fully saturated rings. The lowest BCUT2D eigenvalue weighted by molar-refractivity contribution is -0.136. The van der Waals surface area contributed by atoms with Crippen molar-refractivity contribution in [3.63, 3.8) is 0 Å². The number of amides is 1. The first-order chi connectivity index (χ1) is 16.4. The fourth-order valence-corrected chi connectivity index (χ4v) is 4.91. The third kappa shape index (κ3) is 4.70. The topological polar surface area (TPSA) is 80.2 Å². The van der Waals surface area contributed by atoms with Crippen LogP contribution in [0.2, 0.25) is 0 Å². The van der Waals surface area contributed by atoms with Gasteiger partial charge in [-0.1, -0.05) is 36.9 Å². The third-order valence-electron chi connectivity index (χ3n) is 5.49. The highest BCUT2D eigenvalue weighted by Gasteiger charge is 2.41. The van der Waals surface area contributed by atoms with Gasteiger partial charge in [0.25, 0.3) is 0 Å². The predicted molar refractivity (Wildman–Crippen MR) is 130 cm³/mol. The Morgan fingerprint density at radius 3 is 2.68 bits per heavy atom. The molecule has 9 heteroatoms. The molecule has 1 atom stereocenters. The summed E-state index contributed by atoms with van der Waals surface area (Å²) in [6.07, 6.45) is 0.533. The van der Waals surface area contributed by atoms with Crippen LogP contribution in [-0.2, 0) is 14.3 Å². The van der Waals surface area contributed by atoms with Crippen LogP contribution in [0, 0.1) is 5.82 Å². The van der Waals surface area contributed by atoms with E-state index in [-0.39, 0.29) is 12.3 Å². The zero-order valence-electron chi connectivity index (χ0n) is 19.0. The molecule has 2 heterocycles. The number of nitrogens with zero attached hydrogens (tertiary/aromatic N) is 2. The van der Waals surface area contributed by atoms with E-state index < -0.39 is 17.8 Å². The standard InChI is InChI=1S/C25H24FN3O4S/c1-4-20-22(24(31)33-3)23(15-7-5-8-16(26)11-15)29-18(14-34-25(29)28-20)13-21(30)27-17-9-6-10-19(12-17)32-2/h5-12,14,23H,4,13H2,1-3H3,(H,27,30). The second-order valence-electron chi connectivity index (χ2n) is 7.61. The van der Waals surface area contributed by atoms with Crippen LogP contribution in [0.5, 0.6) is 5.75 Å². The monoisotopic (exact) mass is 481 g/mol. The van der Waals surface area contributed by atoms with E-state index in [1.165, 1.54) is 31.0 Å². The van der Waals surface area contributed by atoms with E-state index in [4.69, 9.17) is 9.47 Å². The Hall–Kier alpha value is -3.59. The molecule has 0 aliphatic carbocycles. The maximum Gasteiger partial charge on any atom is 0.338 e. The Balaban J connectivity index is 1.67. The second kappa shape index (κ2) is 10.1. The van der Waals surface area contributed by atoms with Gasteiger partial charge < -0.3 is 19.7 Å². The van der Waals surface area contributed by atoms with Gasteiger partial charge in [-0.05, 0) is 41.7 Å². The number of rotatable bonds is 7. The summed E-state index contributed by atoms with van der Waals surface area (Å²) in [5, 5.41) is 5.33. The molecule has 2 aliphatic rings. The van der Waals surface area contributed by atoms with Gasteiger partial charge in [0, 0.05) is 17.5 Å². The molecular weight excluding hydrogens is 457 g/mol. The van der Waals surface area contributed by atoms with E-state index in [0.717, 1.165) is 0 Å². The molecule has 0 aromatic heterocycles. The number of hydrogen-bond donors (Lipinski definition) is 1. The number of carbonyl (C=O) groups excluding carboxylic acids is 2. The molecule has 2 aromatic rings. The fraction of sp³-hybridized carbons (Fsp3) is 0.240. The van der Waals surface area contributed by atoms with Crippen molar-refractivity contribution in [2.24, 2.45) is 4.99 Å². The molecule has 0 spiro atoms. The van der Waals surface area contributed by atoms with Crippen molar-refractivity contribution in [2.75, 3.05) is 19.5 Å². The average molecular weight is 482 g/mol. The summed E-state index contributed by atoms with van der Waals surface area (Å²) in [5.74, 6) is -0.572. The van der Waals surface area contributed by atoms with Crippen LogP contribution in [0.15, 0.2) is 75.9 Å². The summed E-state index contributed by atoms with van der Waals surface area (Å²) in [6.45, 7) is 1.90. The van der Waals surface area contributed by atoms with Gasteiger partial charge in [-0.25, -0.2) is 14.2 Å². The number of nitrogens with one attached hydrogen (secondary N) is 1. The maximum atomic E-state index is 14.2. The average Bonchev–Trinajstić information content (AvgIpc) is 3.24. The van der Waals surface area contributed by atoms with Crippen molar-refractivity contribution in [1.82, 2.24) is 4.90 Å². The number of ether oxygens (including phenoxy) is 2. The number of aliphatic imine (C=N–C) groups is 1. The van der Waals surface area contributed by atoms with Crippen molar-refractivity contribution in [1.29, 1.82) is 0 Å².